The van der Waals surface area contributed by atoms with Gasteiger partial charge in [-0.15, -0.1) is 0 Å². The molecule has 31 heavy (non-hydrogen) atoms. The summed E-state index contributed by atoms with van der Waals surface area (Å²) < 4.78 is 19.6. The number of likely N-dealkylation sites (N-methyl/N-ethyl adjacent to an activating group) is 1. The lowest BCUT2D eigenvalue weighted by Gasteiger charge is -2.27. The topological polar surface area (TPSA) is 71.5 Å². The SMILES string of the molecule is CCC(OC(=O)c1c2c(nc3ccccc13)CCN(C)C2)C(=O)Nc1ccccc1F. The van der Waals surface area contributed by atoms with E-state index in [-0.39, 0.29) is 12.1 Å². The third-order valence-corrected chi connectivity index (χ3v) is 5.49. The van der Waals surface area contributed by atoms with Crippen molar-refractivity contribution in [2.45, 2.75) is 32.4 Å². The van der Waals surface area contributed by atoms with Crippen LogP contribution in [0.15, 0.2) is 48.5 Å². The predicted octanol–water partition coefficient (Wildman–Crippen LogP) is 3.94. The van der Waals surface area contributed by atoms with Crippen LogP contribution in [0.5, 0.6) is 0 Å². The third-order valence-electron chi connectivity index (χ3n) is 5.49. The number of carbonyl (C=O) groups excluding carboxylic acids is 2. The van der Waals surface area contributed by atoms with Crippen molar-refractivity contribution in [3.63, 3.8) is 0 Å². The molecule has 3 aromatic rings. The van der Waals surface area contributed by atoms with E-state index in [9.17, 15) is 14.0 Å². The maximum atomic E-state index is 13.9. The molecule has 1 aliphatic rings. The summed E-state index contributed by atoms with van der Waals surface area (Å²) in [4.78, 5) is 32.9. The molecular formula is C24H24FN3O3. The van der Waals surface area contributed by atoms with Gasteiger partial charge in [0.1, 0.15) is 5.82 Å². The standard InChI is InChI=1S/C24H24FN3O3/c1-3-21(23(29)27-20-11-7-5-9-17(20)25)31-24(30)22-15-8-4-6-10-18(15)26-19-12-13-28(2)14-16(19)22/h4-11,21H,3,12-14H2,1-2H3,(H,27,29). The zero-order valence-corrected chi connectivity index (χ0v) is 17.5. The Morgan fingerprint density at radius 3 is 2.71 bits per heavy atom. The Morgan fingerprint density at radius 1 is 1.19 bits per heavy atom. The second kappa shape index (κ2) is 8.81. The zero-order chi connectivity index (χ0) is 22.0. The van der Waals surface area contributed by atoms with Crippen molar-refractivity contribution in [2.24, 2.45) is 0 Å². The second-order valence-corrected chi connectivity index (χ2v) is 7.69. The minimum absolute atomic E-state index is 0.0513. The van der Waals surface area contributed by atoms with E-state index in [0.717, 1.165) is 29.7 Å². The summed E-state index contributed by atoms with van der Waals surface area (Å²) in [6.45, 7) is 3.18. The molecule has 2 aromatic carbocycles. The lowest BCUT2D eigenvalue weighted by molar-refractivity contribution is -0.124. The van der Waals surface area contributed by atoms with Crippen molar-refractivity contribution >= 4 is 28.5 Å². The van der Waals surface area contributed by atoms with Gasteiger partial charge in [-0.3, -0.25) is 9.78 Å². The number of pyridine rings is 1. The fourth-order valence-electron chi connectivity index (χ4n) is 3.84. The summed E-state index contributed by atoms with van der Waals surface area (Å²) in [6.07, 6.45) is -0.0463. The number of nitrogens with zero attached hydrogens (tertiary/aromatic N) is 2. The Balaban J connectivity index is 1.65. The molecular weight excluding hydrogens is 397 g/mol. The van der Waals surface area contributed by atoms with Gasteiger partial charge in [0.2, 0.25) is 0 Å². The first-order chi connectivity index (χ1) is 15.0. The first-order valence-corrected chi connectivity index (χ1v) is 10.3. The van der Waals surface area contributed by atoms with Gasteiger partial charge in [-0.1, -0.05) is 37.3 Å². The fraction of sp³-hybridized carbons (Fsp3) is 0.292. The Morgan fingerprint density at radius 2 is 1.94 bits per heavy atom. The molecule has 4 rings (SSSR count). The number of aromatic nitrogens is 1. The molecule has 1 atom stereocenters. The Bertz CT molecular complexity index is 1150. The van der Waals surface area contributed by atoms with Crippen molar-refractivity contribution in [1.82, 2.24) is 9.88 Å². The fourth-order valence-corrected chi connectivity index (χ4v) is 3.84. The largest absolute Gasteiger partial charge is 0.449 e. The number of hydrogen-bond donors (Lipinski definition) is 1. The van der Waals surface area contributed by atoms with Crippen molar-refractivity contribution < 1.29 is 18.7 Å². The molecule has 0 saturated carbocycles. The quantitative estimate of drug-likeness (QED) is 0.632. The molecule has 2 heterocycles. The number of benzene rings is 2. The van der Waals surface area contributed by atoms with Gasteiger partial charge in [0.05, 0.1) is 16.8 Å². The minimum Gasteiger partial charge on any atom is -0.449 e. The van der Waals surface area contributed by atoms with Crippen LogP contribution in [0.3, 0.4) is 0 Å². The summed E-state index contributed by atoms with van der Waals surface area (Å²) in [5, 5.41) is 3.21. The average Bonchev–Trinajstić information content (AvgIpc) is 2.77. The van der Waals surface area contributed by atoms with E-state index in [0.29, 0.717) is 17.5 Å². The third kappa shape index (κ3) is 4.27. The lowest BCUT2D eigenvalue weighted by Crippen LogP contribution is -2.34. The monoisotopic (exact) mass is 421 g/mol. The van der Waals surface area contributed by atoms with Crippen LogP contribution in [-0.2, 0) is 22.5 Å². The number of ether oxygens (including phenoxy) is 1. The summed E-state index contributed by atoms with van der Waals surface area (Å²) in [5.74, 6) is -1.68. The smallest absolute Gasteiger partial charge is 0.340 e. The van der Waals surface area contributed by atoms with E-state index in [1.165, 1.54) is 18.2 Å². The number of anilines is 1. The number of halogens is 1. The van der Waals surface area contributed by atoms with E-state index in [1.54, 1.807) is 13.0 Å². The maximum Gasteiger partial charge on any atom is 0.340 e. The van der Waals surface area contributed by atoms with Crippen LogP contribution in [0.4, 0.5) is 10.1 Å². The lowest BCUT2D eigenvalue weighted by atomic mass is 9.96. The van der Waals surface area contributed by atoms with Crippen LogP contribution >= 0.6 is 0 Å². The van der Waals surface area contributed by atoms with Crippen LogP contribution in [0.2, 0.25) is 0 Å². The molecule has 0 aliphatic carbocycles. The molecule has 1 amide bonds. The second-order valence-electron chi connectivity index (χ2n) is 7.69. The molecule has 7 heteroatoms. The number of hydrogen-bond acceptors (Lipinski definition) is 5. The van der Waals surface area contributed by atoms with Crippen molar-refractivity contribution in [3.05, 3.63) is 71.2 Å². The van der Waals surface area contributed by atoms with Crippen molar-refractivity contribution in [3.8, 4) is 0 Å². The minimum atomic E-state index is -1.05. The molecule has 0 spiro atoms. The van der Waals surface area contributed by atoms with Gasteiger partial charge < -0.3 is 15.0 Å². The molecule has 1 aromatic heterocycles. The summed E-state index contributed by atoms with van der Waals surface area (Å²) in [5.41, 5.74) is 2.94. The molecule has 160 valence electrons. The Kier molecular flexibility index (Phi) is 5.95. The van der Waals surface area contributed by atoms with Crippen LogP contribution in [0.25, 0.3) is 10.9 Å². The highest BCUT2D eigenvalue weighted by molar-refractivity contribution is 6.06. The van der Waals surface area contributed by atoms with Gasteiger partial charge >= 0.3 is 5.97 Å². The average molecular weight is 421 g/mol. The molecule has 0 bridgehead atoms. The zero-order valence-electron chi connectivity index (χ0n) is 17.5. The highest BCUT2D eigenvalue weighted by Crippen LogP contribution is 2.29. The van der Waals surface area contributed by atoms with Crippen LogP contribution in [0, 0.1) is 5.82 Å². The first-order valence-electron chi connectivity index (χ1n) is 10.3. The summed E-state index contributed by atoms with van der Waals surface area (Å²) in [7, 11) is 1.99. The molecule has 0 radical (unpaired) electrons. The van der Waals surface area contributed by atoms with E-state index < -0.39 is 23.8 Å². The van der Waals surface area contributed by atoms with Gasteiger partial charge in [-0.05, 0) is 31.7 Å². The van der Waals surface area contributed by atoms with Crippen molar-refractivity contribution in [1.29, 1.82) is 0 Å². The number of amides is 1. The molecule has 0 fully saturated rings. The van der Waals surface area contributed by atoms with Gasteiger partial charge in [-0.2, -0.15) is 0 Å². The van der Waals surface area contributed by atoms with Gasteiger partial charge in [0, 0.05) is 36.2 Å². The summed E-state index contributed by atoms with van der Waals surface area (Å²) in [6, 6.07) is 13.3. The summed E-state index contributed by atoms with van der Waals surface area (Å²) >= 11 is 0. The van der Waals surface area contributed by atoms with E-state index in [4.69, 9.17) is 9.72 Å². The molecule has 1 N–H and O–H groups in total. The predicted molar refractivity (Wildman–Crippen MR) is 116 cm³/mol. The van der Waals surface area contributed by atoms with Gasteiger partial charge in [0.15, 0.2) is 6.10 Å². The number of esters is 1. The first kappa shape index (κ1) is 20.9. The van der Waals surface area contributed by atoms with Gasteiger partial charge in [0.25, 0.3) is 5.91 Å². The van der Waals surface area contributed by atoms with E-state index >= 15 is 0 Å². The molecule has 1 aliphatic heterocycles. The highest BCUT2D eigenvalue weighted by atomic mass is 19.1. The van der Waals surface area contributed by atoms with Gasteiger partial charge in [-0.25, -0.2) is 9.18 Å². The number of carbonyl (C=O) groups is 2. The Hall–Kier alpha value is -3.32. The normalized spacial score (nSPS) is 14.7. The number of rotatable bonds is 5. The number of para-hydroxylation sites is 2. The van der Waals surface area contributed by atoms with Crippen LogP contribution in [-0.4, -0.2) is 41.5 Å². The number of nitrogens with one attached hydrogen (secondary N) is 1. The van der Waals surface area contributed by atoms with E-state index in [2.05, 4.69) is 10.2 Å². The molecule has 1 unspecified atom stereocenters. The van der Waals surface area contributed by atoms with E-state index in [1.807, 2.05) is 31.3 Å². The maximum absolute atomic E-state index is 13.9. The highest BCUT2D eigenvalue weighted by Gasteiger charge is 2.29. The Labute approximate surface area is 180 Å². The van der Waals surface area contributed by atoms with Crippen molar-refractivity contribution in [2.75, 3.05) is 18.9 Å². The molecule has 0 saturated heterocycles. The molecule has 6 nitrogen and oxygen atoms in total. The van der Waals surface area contributed by atoms with Crippen LogP contribution in [0.1, 0.15) is 35.0 Å². The number of fused-ring (bicyclic) bond motifs is 2. The van der Waals surface area contributed by atoms with Crippen LogP contribution < -0.4 is 5.32 Å².